The second kappa shape index (κ2) is 5.40. The van der Waals surface area contributed by atoms with Crippen molar-refractivity contribution < 1.29 is 9.90 Å². The van der Waals surface area contributed by atoms with Gasteiger partial charge in [0, 0.05) is 18.9 Å². The number of benzene rings is 2. The van der Waals surface area contributed by atoms with Crippen molar-refractivity contribution in [3.05, 3.63) is 65.7 Å². The molecule has 3 rings (SSSR count). The first-order chi connectivity index (χ1) is 10.1. The van der Waals surface area contributed by atoms with Crippen LogP contribution in [0.1, 0.15) is 30.5 Å². The largest absolute Gasteiger partial charge is 0.508 e. The fourth-order valence-electron chi connectivity index (χ4n) is 2.60. The van der Waals surface area contributed by atoms with E-state index in [4.69, 9.17) is 0 Å². The highest BCUT2D eigenvalue weighted by molar-refractivity contribution is 6.03. The maximum atomic E-state index is 11.8. The molecule has 21 heavy (non-hydrogen) atoms. The van der Waals surface area contributed by atoms with Crippen LogP contribution in [0, 0.1) is 0 Å². The summed E-state index contributed by atoms with van der Waals surface area (Å²) in [7, 11) is 0. The summed E-state index contributed by atoms with van der Waals surface area (Å²) in [5, 5.41) is 15.6. The summed E-state index contributed by atoms with van der Waals surface area (Å²) >= 11 is 0. The van der Waals surface area contributed by atoms with Crippen LogP contribution < -0.4 is 0 Å². The maximum absolute atomic E-state index is 11.8. The number of nitrogens with zero attached hydrogens (tertiary/aromatic N) is 2. The highest BCUT2D eigenvalue weighted by Gasteiger charge is 2.31. The van der Waals surface area contributed by atoms with E-state index in [0.717, 1.165) is 16.8 Å². The molecule has 1 heterocycles. The minimum atomic E-state index is -0.0843. The van der Waals surface area contributed by atoms with E-state index in [9.17, 15) is 9.90 Å². The van der Waals surface area contributed by atoms with Crippen molar-refractivity contribution in [3.8, 4) is 5.75 Å². The van der Waals surface area contributed by atoms with Crippen LogP contribution in [0.4, 0.5) is 0 Å². The maximum Gasteiger partial charge on any atom is 0.240 e. The van der Waals surface area contributed by atoms with Gasteiger partial charge < -0.3 is 5.11 Å². The van der Waals surface area contributed by atoms with E-state index in [2.05, 4.69) is 5.10 Å². The molecule has 2 aromatic carbocycles. The van der Waals surface area contributed by atoms with Gasteiger partial charge in [0.15, 0.2) is 0 Å². The Hall–Kier alpha value is -2.62. The molecule has 0 unspecified atom stereocenters. The van der Waals surface area contributed by atoms with E-state index >= 15 is 0 Å². The third-order valence-corrected chi connectivity index (χ3v) is 3.60. The molecular formula is C17H16N2O2. The SMILES string of the molecule is CC(=O)N1N=C(c2cccc(O)c2)C[C@H]1c1ccccc1. The van der Waals surface area contributed by atoms with Crippen molar-refractivity contribution in [2.24, 2.45) is 5.10 Å². The molecule has 1 aliphatic heterocycles. The number of carbonyl (C=O) groups is 1. The Morgan fingerprint density at radius 3 is 2.62 bits per heavy atom. The van der Waals surface area contributed by atoms with Crippen molar-refractivity contribution in [2.45, 2.75) is 19.4 Å². The van der Waals surface area contributed by atoms with Gasteiger partial charge in [0.05, 0.1) is 11.8 Å². The lowest BCUT2D eigenvalue weighted by molar-refractivity contribution is -0.130. The molecule has 0 radical (unpaired) electrons. The molecule has 1 atom stereocenters. The lowest BCUT2D eigenvalue weighted by Gasteiger charge is -2.20. The molecule has 0 saturated carbocycles. The second-order valence-electron chi connectivity index (χ2n) is 5.09. The van der Waals surface area contributed by atoms with Crippen LogP contribution in [-0.2, 0) is 4.79 Å². The smallest absolute Gasteiger partial charge is 0.240 e. The van der Waals surface area contributed by atoms with Crippen LogP contribution in [0.5, 0.6) is 5.75 Å². The number of rotatable bonds is 2. The quantitative estimate of drug-likeness (QED) is 0.919. The molecule has 0 aliphatic carbocycles. The molecular weight excluding hydrogens is 264 g/mol. The fraction of sp³-hybridized carbons (Fsp3) is 0.176. The number of hydrazone groups is 1. The highest BCUT2D eigenvalue weighted by Crippen LogP contribution is 2.33. The Morgan fingerprint density at radius 1 is 1.19 bits per heavy atom. The summed E-state index contributed by atoms with van der Waals surface area (Å²) in [6, 6.07) is 16.8. The lowest BCUT2D eigenvalue weighted by atomic mass is 9.98. The molecule has 1 N–H and O–H groups in total. The predicted molar refractivity (Wildman–Crippen MR) is 81.0 cm³/mol. The minimum absolute atomic E-state index is 0.0824. The first kappa shape index (κ1) is 13.4. The van der Waals surface area contributed by atoms with Crippen molar-refractivity contribution in [1.29, 1.82) is 0 Å². The van der Waals surface area contributed by atoms with Crippen molar-refractivity contribution in [2.75, 3.05) is 0 Å². The van der Waals surface area contributed by atoms with E-state index < -0.39 is 0 Å². The van der Waals surface area contributed by atoms with Gasteiger partial charge in [-0.25, -0.2) is 5.01 Å². The molecule has 0 aromatic heterocycles. The number of hydrogen-bond donors (Lipinski definition) is 1. The van der Waals surface area contributed by atoms with Crippen LogP contribution in [0.25, 0.3) is 0 Å². The standard InChI is InChI=1S/C17H16N2O2/c1-12(20)19-17(13-6-3-2-4-7-13)11-16(18-19)14-8-5-9-15(21)10-14/h2-10,17,21H,11H2,1H3/t17-/m0/s1. The van der Waals surface area contributed by atoms with Crippen LogP contribution in [0.2, 0.25) is 0 Å². The zero-order valence-corrected chi connectivity index (χ0v) is 11.7. The topological polar surface area (TPSA) is 52.9 Å². The van der Waals surface area contributed by atoms with Gasteiger partial charge in [-0.2, -0.15) is 5.10 Å². The monoisotopic (exact) mass is 280 g/mol. The molecule has 1 amide bonds. The van der Waals surface area contributed by atoms with E-state index in [-0.39, 0.29) is 17.7 Å². The fourth-order valence-corrected chi connectivity index (χ4v) is 2.60. The van der Waals surface area contributed by atoms with E-state index in [1.165, 1.54) is 11.9 Å². The van der Waals surface area contributed by atoms with Crippen LogP contribution in [-0.4, -0.2) is 21.7 Å². The minimum Gasteiger partial charge on any atom is -0.508 e. The average molecular weight is 280 g/mol. The number of hydrogen-bond acceptors (Lipinski definition) is 3. The van der Waals surface area contributed by atoms with Crippen molar-refractivity contribution in [1.82, 2.24) is 5.01 Å². The molecule has 0 bridgehead atoms. The summed E-state index contributed by atoms with van der Waals surface area (Å²) in [5.41, 5.74) is 2.72. The lowest BCUT2D eigenvalue weighted by Crippen LogP contribution is -2.24. The van der Waals surface area contributed by atoms with E-state index in [1.54, 1.807) is 18.2 Å². The van der Waals surface area contributed by atoms with Crippen LogP contribution in [0.15, 0.2) is 59.7 Å². The number of carbonyl (C=O) groups excluding carboxylic acids is 1. The van der Waals surface area contributed by atoms with Gasteiger partial charge in [-0.15, -0.1) is 0 Å². The molecule has 2 aromatic rings. The Morgan fingerprint density at radius 2 is 1.95 bits per heavy atom. The summed E-state index contributed by atoms with van der Waals surface area (Å²) in [4.78, 5) is 11.8. The Kier molecular flexibility index (Phi) is 3.44. The predicted octanol–water partition coefficient (Wildman–Crippen LogP) is 3.09. The van der Waals surface area contributed by atoms with E-state index in [1.807, 2.05) is 36.4 Å². The molecule has 106 valence electrons. The number of phenols is 1. The summed E-state index contributed by atoms with van der Waals surface area (Å²) in [5.74, 6) is 0.117. The third kappa shape index (κ3) is 2.65. The zero-order chi connectivity index (χ0) is 14.8. The highest BCUT2D eigenvalue weighted by atomic mass is 16.3. The van der Waals surface area contributed by atoms with Crippen molar-refractivity contribution >= 4 is 11.6 Å². The van der Waals surface area contributed by atoms with Gasteiger partial charge in [0.1, 0.15) is 5.75 Å². The number of phenolic OH excluding ortho intramolecular Hbond substituents is 1. The number of amides is 1. The van der Waals surface area contributed by atoms with Gasteiger partial charge >= 0.3 is 0 Å². The van der Waals surface area contributed by atoms with Gasteiger partial charge in [-0.1, -0.05) is 42.5 Å². The summed E-state index contributed by atoms with van der Waals surface area (Å²) < 4.78 is 0. The first-order valence-electron chi connectivity index (χ1n) is 6.87. The average Bonchev–Trinajstić information content (AvgIpc) is 2.93. The Balaban J connectivity index is 1.95. The molecule has 0 saturated heterocycles. The van der Waals surface area contributed by atoms with Crippen molar-refractivity contribution in [3.63, 3.8) is 0 Å². The molecule has 0 fully saturated rings. The summed E-state index contributed by atoms with van der Waals surface area (Å²) in [6.45, 7) is 1.52. The van der Waals surface area contributed by atoms with Gasteiger partial charge in [0.2, 0.25) is 5.91 Å². The summed E-state index contributed by atoms with van der Waals surface area (Å²) in [6.07, 6.45) is 0.646. The van der Waals surface area contributed by atoms with Gasteiger partial charge in [0.25, 0.3) is 0 Å². The normalized spacial score (nSPS) is 17.7. The molecule has 0 spiro atoms. The number of aromatic hydroxyl groups is 1. The Bertz CT molecular complexity index is 695. The van der Waals surface area contributed by atoms with E-state index in [0.29, 0.717) is 6.42 Å². The molecule has 4 nitrogen and oxygen atoms in total. The van der Waals surface area contributed by atoms with Gasteiger partial charge in [-0.3, -0.25) is 4.79 Å². The van der Waals surface area contributed by atoms with Gasteiger partial charge in [-0.05, 0) is 17.7 Å². The van der Waals surface area contributed by atoms with Crippen LogP contribution >= 0.6 is 0 Å². The third-order valence-electron chi connectivity index (χ3n) is 3.60. The molecule has 1 aliphatic rings. The zero-order valence-electron chi connectivity index (χ0n) is 11.7. The Labute approximate surface area is 123 Å². The second-order valence-corrected chi connectivity index (χ2v) is 5.09. The molecule has 4 heteroatoms. The van der Waals surface area contributed by atoms with Crippen LogP contribution in [0.3, 0.4) is 0 Å². The first-order valence-corrected chi connectivity index (χ1v) is 6.87.